The molecule has 0 aromatic heterocycles. The Labute approximate surface area is 150 Å². The maximum absolute atomic E-state index is 11.0. The minimum atomic E-state index is -0.440. The van der Waals surface area contributed by atoms with Crippen molar-refractivity contribution in [3.05, 3.63) is 75.8 Å². The van der Waals surface area contributed by atoms with E-state index < -0.39 is 4.92 Å². The molecule has 0 unspecified atom stereocenters. The van der Waals surface area contributed by atoms with Gasteiger partial charge >= 0.3 is 0 Å². The zero-order valence-corrected chi connectivity index (χ0v) is 14.1. The highest BCUT2D eigenvalue weighted by atomic mass is 16.6. The van der Waals surface area contributed by atoms with Crippen LogP contribution in [-0.2, 0) is 0 Å². The fourth-order valence-electron chi connectivity index (χ4n) is 3.19. The van der Waals surface area contributed by atoms with Crippen molar-refractivity contribution < 1.29 is 4.92 Å². The Balaban J connectivity index is 1.64. The summed E-state index contributed by atoms with van der Waals surface area (Å²) in [5.41, 5.74) is 3.74. The van der Waals surface area contributed by atoms with Crippen LogP contribution in [0.5, 0.6) is 0 Å². The van der Waals surface area contributed by atoms with Gasteiger partial charge < -0.3 is 10.2 Å². The molecule has 6 nitrogen and oxygen atoms in total. The first-order chi connectivity index (χ1) is 12.5. The predicted octanol–water partition coefficient (Wildman–Crippen LogP) is 4.71. The van der Waals surface area contributed by atoms with Crippen LogP contribution < -0.4 is 10.2 Å². The number of guanidine groups is 1. The molecule has 26 heavy (non-hydrogen) atoms. The van der Waals surface area contributed by atoms with Crippen LogP contribution in [0, 0.1) is 15.5 Å². The molecule has 1 aliphatic carbocycles. The van der Waals surface area contributed by atoms with Crippen molar-refractivity contribution in [3.8, 4) is 0 Å². The third-order valence-electron chi connectivity index (χ3n) is 4.56. The number of nitro benzene ring substituents is 1. The Morgan fingerprint density at radius 1 is 1.08 bits per heavy atom. The second-order valence-electron chi connectivity index (χ2n) is 6.12. The van der Waals surface area contributed by atoms with Gasteiger partial charge in [0.1, 0.15) is 0 Å². The standard InChI is InChI=1S/C20H16N4O2/c1-23(15-5-3-6-16(12-15)24(25)26)20(21)22-18-11-10-14-9-8-13-4-2-7-17(18)19(13)14/h2-12H,1H3,(H2,21,22). The molecular formula is C20H16N4O2. The molecule has 0 heterocycles. The summed E-state index contributed by atoms with van der Waals surface area (Å²) in [5.74, 6) is 0.136. The van der Waals surface area contributed by atoms with Gasteiger partial charge in [0.2, 0.25) is 0 Å². The van der Waals surface area contributed by atoms with Crippen molar-refractivity contribution in [2.75, 3.05) is 17.3 Å². The van der Waals surface area contributed by atoms with E-state index in [1.807, 2.05) is 24.3 Å². The molecule has 0 saturated heterocycles. The number of hydrogen-bond acceptors (Lipinski definition) is 3. The first-order valence-electron chi connectivity index (χ1n) is 8.12. The van der Waals surface area contributed by atoms with Gasteiger partial charge in [0, 0.05) is 30.3 Å². The van der Waals surface area contributed by atoms with Gasteiger partial charge in [-0.25, -0.2) is 0 Å². The molecule has 0 fully saturated rings. The molecule has 3 aromatic carbocycles. The summed E-state index contributed by atoms with van der Waals surface area (Å²) in [6.07, 6.45) is 4.17. The molecule has 0 bridgehead atoms. The van der Waals surface area contributed by atoms with Gasteiger partial charge in [-0.05, 0) is 28.6 Å². The third kappa shape index (κ3) is 2.57. The average Bonchev–Trinajstić information content (AvgIpc) is 3.08. The number of hydrogen-bond donors (Lipinski definition) is 2. The number of nitro groups is 1. The van der Waals surface area contributed by atoms with E-state index in [2.05, 4.69) is 23.5 Å². The molecular weight excluding hydrogens is 328 g/mol. The monoisotopic (exact) mass is 344 g/mol. The maximum atomic E-state index is 11.0. The second kappa shape index (κ2) is 6.00. The highest BCUT2D eigenvalue weighted by Crippen LogP contribution is 2.35. The molecule has 128 valence electrons. The molecule has 3 aromatic rings. The highest BCUT2D eigenvalue weighted by molar-refractivity contribution is 6.13. The lowest BCUT2D eigenvalue weighted by Crippen LogP contribution is -2.32. The van der Waals surface area contributed by atoms with Crippen molar-refractivity contribution >= 4 is 45.9 Å². The Hall–Kier alpha value is -3.67. The van der Waals surface area contributed by atoms with Crippen LogP contribution in [0.2, 0.25) is 0 Å². The minimum absolute atomic E-state index is 0.00133. The number of nitrogens with one attached hydrogen (secondary N) is 2. The van der Waals surface area contributed by atoms with Gasteiger partial charge in [0.25, 0.3) is 5.69 Å². The largest absolute Gasteiger partial charge is 0.326 e. The Morgan fingerprint density at radius 3 is 2.58 bits per heavy atom. The predicted molar refractivity (Wildman–Crippen MR) is 106 cm³/mol. The number of rotatable bonds is 3. The summed E-state index contributed by atoms with van der Waals surface area (Å²) in [7, 11) is 1.70. The molecule has 0 radical (unpaired) electrons. The van der Waals surface area contributed by atoms with E-state index in [4.69, 9.17) is 5.41 Å². The summed E-state index contributed by atoms with van der Waals surface area (Å²) in [5, 5.41) is 24.7. The van der Waals surface area contributed by atoms with Gasteiger partial charge in [-0.2, -0.15) is 0 Å². The summed E-state index contributed by atoms with van der Waals surface area (Å²) in [4.78, 5) is 12.1. The topological polar surface area (TPSA) is 82.3 Å². The highest BCUT2D eigenvalue weighted by Gasteiger charge is 2.15. The molecule has 0 spiro atoms. The second-order valence-corrected chi connectivity index (χ2v) is 6.12. The number of benzene rings is 3. The van der Waals surface area contributed by atoms with E-state index in [0.29, 0.717) is 5.69 Å². The molecule has 0 saturated carbocycles. The normalized spacial score (nSPS) is 11.6. The number of nitrogens with zero attached hydrogens (tertiary/aromatic N) is 2. The lowest BCUT2D eigenvalue weighted by Gasteiger charge is -2.21. The Bertz CT molecular complexity index is 1080. The number of non-ortho nitro benzene ring substituents is 1. The maximum Gasteiger partial charge on any atom is 0.271 e. The first-order valence-corrected chi connectivity index (χ1v) is 8.12. The van der Waals surface area contributed by atoms with Gasteiger partial charge in [-0.1, -0.05) is 42.5 Å². The molecule has 4 rings (SSSR count). The van der Waals surface area contributed by atoms with Crippen LogP contribution in [0.3, 0.4) is 0 Å². The molecule has 2 N–H and O–H groups in total. The van der Waals surface area contributed by atoms with Crippen LogP contribution in [-0.4, -0.2) is 17.9 Å². The van der Waals surface area contributed by atoms with E-state index in [9.17, 15) is 10.1 Å². The van der Waals surface area contributed by atoms with Gasteiger partial charge in [-0.15, -0.1) is 0 Å². The lowest BCUT2D eigenvalue weighted by atomic mass is 10.0. The SMILES string of the molecule is CN(C(=N)Nc1ccc2c3c(cccc13)C=C2)c1cccc([N+](=O)[O-])c1. The Morgan fingerprint density at radius 2 is 1.81 bits per heavy atom. The smallest absolute Gasteiger partial charge is 0.271 e. The van der Waals surface area contributed by atoms with E-state index >= 15 is 0 Å². The molecule has 1 aliphatic rings. The van der Waals surface area contributed by atoms with Crippen LogP contribution in [0.25, 0.3) is 22.9 Å². The van der Waals surface area contributed by atoms with Crippen molar-refractivity contribution in [2.45, 2.75) is 0 Å². The fraction of sp³-hybridized carbons (Fsp3) is 0.0500. The third-order valence-corrected chi connectivity index (χ3v) is 4.56. The Kier molecular flexibility index (Phi) is 3.65. The van der Waals surface area contributed by atoms with Gasteiger partial charge in [0.05, 0.1) is 10.6 Å². The first kappa shape index (κ1) is 15.8. The van der Waals surface area contributed by atoms with Gasteiger partial charge in [0.15, 0.2) is 5.96 Å². The zero-order chi connectivity index (χ0) is 18.3. The number of anilines is 2. The van der Waals surface area contributed by atoms with E-state index in [-0.39, 0.29) is 11.6 Å². The quantitative estimate of drug-likeness (QED) is 0.244. The molecule has 0 amide bonds. The van der Waals surface area contributed by atoms with Crippen molar-refractivity contribution in [1.29, 1.82) is 5.41 Å². The van der Waals surface area contributed by atoms with E-state index in [1.54, 1.807) is 24.1 Å². The summed E-state index contributed by atoms with van der Waals surface area (Å²) >= 11 is 0. The van der Waals surface area contributed by atoms with Crippen LogP contribution in [0.4, 0.5) is 17.1 Å². The molecule has 0 aliphatic heterocycles. The van der Waals surface area contributed by atoms with Crippen molar-refractivity contribution in [2.24, 2.45) is 0 Å². The molecule has 6 heteroatoms. The fourth-order valence-corrected chi connectivity index (χ4v) is 3.19. The zero-order valence-electron chi connectivity index (χ0n) is 14.1. The lowest BCUT2D eigenvalue weighted by molar-refractivity contribution is -0.384. The van der Waals surface area contributed by atoms with Crippen molar-refractivity contribution in [3.63, 3.8) is 0 Å². The van der Waals surface area contributed by atoms with Crippen LogP contribution in [0.1, 0.15) is 11.1 Å². The van der Waals surface area contributed by atoms with E-state index in [1.165, 1.54) is 28.6 Å². The summed E-state index contributed by atoms with van der Waals surface area (Å²) in [6.45, 7) is 0. The van der Waals surface area contributed by atoms with Gasteiger partial charge in [-0.3, -0.25) is 15.5 Å². The van der Waals surface area contributed by atoms with Crippen molar-refractivity contribution in [1.82, 2.24) is 0 Å². The summed E-state index contributed by atoms with van der Waals surface area (Å²) < 4.78 is 0. The van der Waals surface area contributed by atoms with Crippen LogP contribution >= 0.6 is 0 Å². The van der Waals surface area contributed by atoms with E-state index in [0.717, 1.165) is 11.1 Å². The molecule has 0 atom stereocenters. The average molecular weight is 344 g/mol. The van der Waals surface area contributed by atoms with Crippen LogP contribution in [0.15, 0.2) is 54.6 Å². The minimum Gasteiger partial charge on any atom is -0.326 e. The summed E-state index contributed by atoms with van der Waals surface area (Å²) in [6, 6.07) is 16.3.